The van der Waals surface area contributed by atoms with E-state index in [1.54, 1.807) is 22.1 Å². The lowest BCUT2D eigenvalue weighted by molar-refractivity contribution is 0.0957. The van der Waals surface area contributed by atoms with Crippen LogP contribution in [0.1, 0.15) is 10.5 Å². The quantitative estimate of drug-likeness (QED) is 0.403. The van der Waals surface area contributed by atoms with Gasteiger partial charge in [-0.1, -0.05) is 42.5 Å². The monoisotopic (exact) mass is 411 g/mol. The summed E-state index contributed by atoms with van der Waals surface area (Å²) in [4.78, 5) is 18.3. The SMILES string of the molecule is O=C(NNc1ccc2ccccc2n1)c1cc(-c2cccs2)n(-c2ccccc2)n1. The summed E-state index contributed by atoms with van der Waals surface area (Å²) in [5, 5.41) is 7.59. The molecule has 3 aromatic heterocycles. The van der Waals surface area contributed by atoms with Crippen molar-refractivity contribution in [3.8, 4) is 16.3 Å². The van der Waals surface area contributed by atoms with E-state index in [0.29, 0.717) is 11.5 Å². The molecule has 0 saturated heterocycles. The summed E-state index contributed by atoms with van der Waals surface area (Å²) < 4.78 is 1.79. The summed E-state index contributed by atoms with van der Waals surface area (Å²) >= 11 is 1.60. The minimum Gasteiger partial charge on any atom is -0.282 e. The number of carbonyl (C=O) groups is 1. The van der Waals surface area contributed by atoms with E-state index in [0.717, 1.165) is 27.2 Å². The number of fused-ring (bicyclic) bond motifs is 1. The van der Waals surface area contributed by atoms with Gasteiger partial charge in [0.05, 0.1) is 21.8 Å². The lowest BCUT2D eigenvalue weighted by Gasteiger charge is -2.07. The molecule has 1 amide bonds. The van der Waals surface area contributed by atoms with Crippen LogP contribution in [0.3, 0.4) is 0 Å². The van der Waals surface area contributed by atoms with Crippen LogP contribution >= 0.6 is 11.3 Å². The number of para-hydroxylation sites is 2. The normalized spacial score (nSPS) is 10.8. The Morgan fingerprint density at radius 1 is 0.900 bits per heavy atom. The van der Waals surface area contributed by atoms with Gasteiger partial charge in [-0.2, -0.15) is 5.10 Å². The maximum atomic E-state index is 12.8. The van der Waals surface area contributed by atoms with Crippen molar-refractivity contribution in [3.05, 3.63) is 96.0 Å². The fourth-order valence-electron chi connectivity index (χ4n) is 3.18. The van der Waals surface area contributed by atoms with E-state index in [-0.39, 0.29) is 5.91 Å². The fraction of sp³-hybridized carbons (Fsp3) is 0. The van der Waals surface area contributed by atoms with Crippen molar-refractivity contribution in [3.63, 3.8) is 0 Å². The molecule has 0 radical (unpaired) electrons. The van der Waals surface area contributed by atoms with Gasteiger partial charge in [0.1, 0.15) is 5.82 Å². The Morgan fingerprint density at radius 3 is 2.57 bits per heavy atom. The van der Waals surface area contributed by atoms with Crippen LogP contribution in [0.2, 0.25) is 0 Å². The Hall–Kier alpha value is -3.97. The first kappa shape index (κ1) is 18.1. The third kappa shape index (κ3) is 3.54. The Morgan fingerprint density at radius 2 is 1.73 bits per heavy atom. The fourth-order valence-corrected chi connectivity index (χ4v) is 3.91. The molecule has 2 N–H and O–H groups in total. The number of nitrogens with one attached hydrogen (secondary N) is 2. The number of anilines is 1. The van der Waals surface area contributed by atoms with Crippen molar-refractivity contribution in [2.75, 3.05) is 5.43 Å². The summed E-state index contributed by atoms with van der Waals surface area (Å²) in [6, 6.07) is 27.1. The molecule has 2 aromatic carbocycles. The Bertz CT molecular complexity index is 1310. The summed E-state index contributed by atoms with van der Waals surface area (Å²) in [5.41, 5.74) is 8.50. The van der Waals surface area contributed by atoms with Crippen LogP contribution in [0, 0.1) is 0 Å². The highest BCUT2D eigenvalue weighted by molar-refractivity contribution is 7.13. The molecule has 30 heavy (non-hydrogen) atoms. The first-order chi connectivity index (χ1) is 14.8. The van der Waals surface area contributed by atoms with E-state index in [1.165, 1.54) is 0 Å². The van der Waals surface area contributed by atoms with E-state index in [4.69, 9.17) is 0 Å². The number of thiophene rings is 1. The molecule has 7 heteroatoms. The number of hydrazine groups is 1. The molecule has 0 unspecified atom stereocenters. The van der Waals surface area contributed by atoms with E-state index < -0.39 is 0 Å². The molecular formula is C23H17N5OS. The van der Waals surface area contributed by atoms with E-state index in [2.05, 4.69) is 20.9 Å². The second-order valence-corrected chi connectivity index (χ2v) is 7.56. The third-order valence-corrected chi connectivity index (χ3v) is 5.51. The lowest BCUT2D eigenvalue weighted by atomic mass is 10.2. The number of hydrogen-bond acceptors (Lipinski definition) is 5. The zero-order valence-corrected chi connectivity index (χ0v) is 16.6. The zero-order valence-electron chi connectivity index (χ0n) is 15.8. The number of carbonyl (C=O) groups excluding carboxylic acids is 1. The molecule has 3 heterocycles. The Balaban J connectivity index is 1.41. The van der Waals surface area contributed by atoms with Crippen LogP contribution < -0.4 is 10.9 Å². The van der Waals surface area contributed by atoms with Gasteiger partial charge in [0.25, 0.3) is 5.91 Å². The van der Waals surface area contributed by atoms with Gasteiger partial charge in [0, 0.05) is 5.39 Å². The maximum absolute atomic E-state index is 12.8. The second-order valence-electron chi connectivity index (χ2n) is 6.61. The van der Waals surface area contributed by atoms with Crippen molar-refractivity contribution < 1.29 is 4.79 Å². The molecule has 0 spiro atoms. The van der Waals surface area contributed by atoms with Gasteiger partial charge < -0.3 is 0 Å². The zero-order chi connectivity index (χ0) is 20.3. The van der Waals surface area contributed by atoms with Crippen molar-refractivity contribution in [1.29, 1.82) is 0 Å². The number of rotatable bonds is 5. The molecule has 0 fully saturated rings. The topological polar surface area (TPSA) is 71.8 Å². The highest BCUT2D eigenvalue weighted by Gasteiger charge is 2.17. The maximum Gasteiger partial charge on any atom is 0.290 e. The lowest BCUT2D eigenvalue weighted by Crippen LogP contribution is -2.30. The molecule has 5 aromatic rings. The highest BCUT2D eigenvalue weighted by atomic mass is 32.1. The second kappa shape index (κ2) is 7.81. The van der Waals surface area contributed by atoms with E-state index in [1.807, 2.05) is 84.2 Å². The van der Waals surface area contributed by atoms with Gasteiger partial charge in [0.2, 0.25) is 0 Å². The summed E-state index contributed by atoms with van der Waals surface area (Å²) in [7, 11) is 0. The Labute approximate surface area is 176 Å². The number of hydrogen-bond donors (Lipinski definition) is 2. The summed E-state index contributed by atoms with van der Waals surface area (Å²) in [6.45, 7) is 0. The van der Waals surface area contributed by atoms with Crippen LogP contribution in [0.25, 0.3) is 27.2 Å². The molecule has 0 aliphatic carbocycles. The standard InChI is InChI=1S/C23H17N5OS/c29-23(26-25-22-13-12-16-7-4-5-10-18(16)24-22)19-15-20(21-11-6-14-30-21)28(27-19)17-8-2-1-3-9-17/h1-15H,(H,24,25)(H,26,29). The average molecular weight is 411 g/mol. The van der Waals surface area contributed by atoms with Crippen molar-refractivity contribution in [2.45, 2.75) is 0 Å². The van der Waals surface area contributed by atoms with E-state index >= 15 is 0 Å². The summed E-state index contributed by atoms with van der Waals surface area (Å²) in [5.74, 6) is 0.223. The number of pyridine rings is 1. The van der Waals surface area contributed by atoms with Crippen LogP contribution in [0.5, 0.6) is 0 Å². The minimum absolute atomic E-state index is 0.315. The molecule has 0 atom stereocenters. The van der Waals surface area contributed by atoms with Crippen LogP contribution in [-0.2, 0) is 0 Å². The van der Waals surface area contributed by atoms with Gasteiger partial charge in [-0.15, -0.1) is 11.3 Å². The minimum atomic E-state index is -0.336. The van der Waals surface area contributed by atoms with Gasteiger partial charge in [-0.05, 0) is 47.8 Å². The third-order valence-electron chi connectivity index (χ3n) is 4.62. The first-order valence-corrected chi connectivity index (χ1v) is 10.3. The average Bonchev–Trinajstić information content (AvgIpc) is 3.48. The molecule has 0 aliphatic heterocycles. The predicted molar refractivity (Wildman–Crippen MR) is 120 cm³/mol. The van der Waals surface area contributed by atoms with Crippen molar-refractivity contribution in [2.24, 2.45) is 0 Å². The van der Waals surface area contributed by atoms with Crippen LogP contribution in [-0.4, -0.2) is 20.7 Å². The largest absolute Gasteiger partial charge is 0.290 e. The predicted octanol–water partition coefficient (Wildman–Crippen LogP) is 4.91. The number of aromatic nitrogens is 3. The first-order valence-electron chi connectivity index (χ1n) is 9.39. The number of nitrogens with zero attached hydrogens (tertiary/aromatic N) is 3. The van der Waals surface area contributed by atoms with Crippen LogP contribution in [0.4, 0.5) is 5.82 Å². The van der Waals surface area contributed by atoms with Crippen molar-refractivity contribution in [1.82, 2.24) is 20.2 Å². The van der Waals surface area contributed by atoms with Gasteiger partial charge >= 0.3 is 0 Å². The molecule has 0 saturated carbocycles. The Kier molecular flexibility index (Phi) is 4.71. The smallest absolute Gasteiger partial charge is 0.282 e. The van der Waals surface area contributed by atoms with Gasteiger partial charge in [-0.3, -0.25) is 15.6 Å². The van der Waals surface area contributed by atoms with E-state index in [9.17, 15) is 4.79 Å². The molecular weight excluding hydrogens is 394 g/mol. The van der Waals surface area contributed by atoms with Gasteiger partial charge in [0.15, 0.2) is 5.69 Å². The van der Waals surface area contributed by atoms with Gasteiger partial charge in [-0.25, -0.2) is 9.67 Å². The molecule has 6 nitrogen and oxygen atoms in total. The number of amides is 1. The summed E-state index contributed by atoms with van der Waals surface area (Å²) in [6.07, 6.45) is 0. The van der Waals surface area contributed by atoms with Crippen molar-refractivity contribution >= 4 is 34.0 Å². The highest BCUT2D eigenvalue weighted by Crippen LogP contribution is 2.28. The molecule has 0 aliphatic rings. The molecule has 5 rings (SSSR count). The molecule has 0 bridgehead atoms. The van der Waals surface area contributed by atoms with Crippen LogP contribution in [0.15, 0.2) is 90.3 Å². The number of benzene rings is 2. The molecule has 146 valence electrons.